The number of hydrogen-bond acceptors (Lipinski definition) is 7. The zero-order valence-corrected chi connectivity index (χ0v) is 18.7. The molecule has 1 saturated heterocycles. The number of aryl methyl sites for hydroxylation is 1. The molecule has 3 N–H and O–H groups in total. The molecule has 2 aliphatic rings. The first-order valence-electron chi connectivity index (χ1n) is 11.1. The van der Waals surface area contributed by atoms with E-state index in [0.29, 0.717) is 23.7 Å². The number of rotatable bonds is 4. The van der Waals surface area contributed by atoms with E-state index in [9.17, 15) is 9.90 Å². The first kappa shape index (κ1) is 21.3. The number of amides is 2. The molecular formula is C24H27N7O2. The van der Waals surface area contributed by atoms with E-state index in [1.54, 1.807) is 18.5 Å². The molecule has 170 valence electrons. The number of urea groups is 1. The van der Waals surface area contributed by atoms with Gasteiger partial charge in [-0.1, -0.05) is 6.07 Å². The van der Waals surface area contributed by atoms with Crippen molar-refractivity contribution in [1.82, 2.24) is 19.9 Å². The molecule has 0 bridgehead atoms. The van der Waals surface area contributed by atoms with Crippen LogP contribution in [0.25, 0.3) is 11.3 Å². The van der Waals surface area contributed by atoms with E-state index < -0.39 is 6.03 Å². The molecule has 3 aromatic rings. The smallest absolute Gasteiger partial charge is 0.324 e. The van der Waals surface area contributed by atoms with Gasteiger partial charge in [-0.05, 0) is 50.2 Å². The molecule has 33 heavy (non-hydrogen) atoms. The molecular weight excluding hydrogens is 418 g/mol. The number of pyridine rings is 1. The van der Waals surface area contributed by atoms with Crippen LogP contribution in [0.1, 0.15) is 11.3 Å². The highest BCUT2D eigenvalue weighted by Crippen LogP contribution is 2.35. The summed E-state index contributed by atoms with van der Waals surface area (Å²) in [4.78, 5) is 29.8. The molecule has 2 aliphatic heterocycles. The molecule has 9 nitrogen and oxygen atoms in total. The predicted molar refractivity (Wildman–Crippen MR) is 127 cm³/mol. The molecule has 2 amide bonds. The number of nitrogens with zero attached hydrogens (tertiary/aromatic N) is 5. The molecule has 0 unspecified atom stereocenters. The zero-order valence-electron chi connectivity index (χ0n) is 18.7. The number of β-amino-alcohol motifs (C(OH)–C–C–N with tert-alkyl or cyclic N) is 1. The number of likely N-dealkylation sites (tertiary alicyclic amines) is 1. The monoisotopic (exact) mass is 445 g/mol. The number of anilines is 3. The summed E-state index contributed by atoms with van der Waals surface area (Å²) in [5.74, 6) is 0.365. The Hall–Kier alpha value is -3.56. The van der Waals surface area contributed by atoms with Crippen molar-refractivity contribution in [2.45, 2.75) is 25.5 Å². The first-order chi connectivity index (χ1) is 16.0. The molecule has 0 saturated carbocycles. The number of aliphatic hydroxyl groups is 1. The Labute approximate surface area is 192 Å². The minimum atomic E-state index is -0.406. The van der Waals surface area contributed by atoms with Crippen molar-refractivity contribution in [3.63, 3.8) is 0 Å². The second-order valence-corrected chi connectivity index (χ2v) is 8.70. The maximum absolute atomic E-state index is 12.3. The van der Waals surface area contributed by atoms with Crippen LogP contribution >= 0.6 is 0 Å². The third kappa shape index (κ3) is 4.50. The minimum absolute atomic E-state index is 0.122. The Morgan fingerprint density at radius 2 is 2.00 bits per heavy atom. The predicted octanol–water partition coefficient (Wildman–Crippen LogP) is 2.53. The number of aliphatic hydroxyl groups excluding tert-OH is 1. The van der Waals surface area contributed by atoms with Crippen molar-refractivity contribution < 1.29 is 9.90 Å². The van der Waals surface area contributed by atoms with Gasteiger partial charge in [-0.3, -0.25) is 15.3 Å². The molecule has 0 aliphatic carbocycles. The third-order valence-electron chi connectivity index (χ3n) is 6.19. The van der Waals surface area contributed by atoms with E-state index in [2.05, 4.69) is 47.5 Å². The van der Waals surface area contributed by atoms with Crippen LogP contribution in [0.2, 0.25) is 0 Å². The van der Waals surface area contributed by atoms with Crippen LogP contribution in [0.3, 0.4) is 0 Å². The Morgan fingerprint density at radius 1 is 1.12 bits per heavy atom. The fourth-order valence-corrected chi connectivity index (χ4v) is 4.58. The molecule has 2 atom stereocenters. The number of likely N-dealkylation sites (N-methyl/N-ethyl adjacent to an activating group) is 1. The summed E-state index contributed by atoms with van der Waals surface area (Å²) >= 11 is 0. The lowest BCUT2D eigenvalue weighted by Crippen LogP contribution is -2.42. The van der Waals surface area contributed by atoms with E-state index in [4.69, 9.17) is 0 Å². The third-order valence-corrected chi connectivity index (χ3v) is 6.19. The second-order valence-electron chi connectivity index (χ2n) is 8.70. The van der Waals surface area contributed by atoms with Crippen LogP contribution in [0, 0.1) is 6.92 Å². The number of carbonyl (C=O) groups is 1. The van der Waals surface area contributed by atoms with Crippen molar-refractivity contribution in [1.29, 1.82) is 0 Å². The van der Waals surface area contributed by atoms with Crippen LogP contribution in [0.15, 0.2) is 48.9 Å². The lowest BCUT2D eigenvalue weighted by molar-refractivity contribution is 0.167. The topological polar surface area (TPSA) is 107 Å². The lowest BCUT2D eigenvalue weighted by atomic mass is 10.1. The molecule has 0 spiro atoms. The molecule has 5 rings (SSSR count). The van der Waals surface area contributed by atoms with E-state index in [0.717, 1.165) is 30.8 Å². The first-order valence-corrected chi connectivity index (χ1v) is 11.1. The van der Waals surface area contributed by atoms with Crippen molar-refractivity contribution in [2.24, 2.45) is 0 Å². The molecule has 0 radical (unpaired) electrons. The molecule has 9 heteroatoms. The summed E-state index contributed by atoms with van der Waals surface area (Å²) in [6.45, 7) is 4.36. The van der Waals surface area contributed by atoms with Gasteiger partial charge in [-0.2, -0.15) is 0 Å². The number of nitrogens with one attached hydrogen (secondary N) is 2. The number of aromatic nitrogens is 3. The maximum Gasteiger partial charge on any atom is 0.324 e. The van der Waals surface area contributed by atoms with Gasteiger partial charge in [-0.25, -0.2) is 9.78 Å². The summed E-state index contributed by atoms with van der Waals surface area (Å²) in [7, 11) is 2.04. The van der Waals surface area contributed by atoms with Crippen molar-refractivity contribution in [3.8, 4) is 11.3 Å². The number of carbonyl (C=O) groups excluding carboxylic acids is 1. The Kier molecular flexibility index (Phi) is 5.65. The summed E-state index contributed by atoms with van der Waals surface area (Å²) in [6, 6.07) is 9.59. The molecule has 4 heterocycles. The zero-order chi connectivity index (χ0) is 22.9. The van der Waals surface area contributed by atoms with E-state index >= 15 is 0 Å². The van der Waals surface area contributed by atoms with Crippen LogP contribution < -0.4 is 15.5 Å². The summed E-state index contributed by atoms with van der Waals surface area (Å²) in [5, 5.41) is 15.9. The highest BCUT2D eigenvalue weighted by atomic mass is 16.3. The highest BCUT2D eigenvalue weighted by Gasteiger charge is 2.36. The summed E-state index contributed by atoms with van der Waals surface area (Å²) in [5.41, 5.74) is 5.52. The van der Waals surface area contributed by atoms with Gasteiger partial charge < -0.3 is 20.2 Å². The van der Waals surface area contributed by atoms with Crippen LogP contribution in [0.5, 0.6) is 0 Å². The SMILES string of the molecule is Cc1ccc(NC(=O)Nc2cncc(-c3ccc4c(c3)CCN4[C@H]3CN(C)C[C@@H]3O)n2)cn1. The van der Waals surface area contributed by atoms with E-state index in [1.165, 1.54) is 17.4 Å². The van der Waals surface area contributed by atoms with Crippen LogP contribution in [0.4, 0.5) is 22.0 Å². The Bertz CT molecular complexity index is 1170. The fraction of sp³-hybridized carbons (Fsp3) is 0.333. The molecule has 1 fully saturated rings. The average Bonchev–Trinajstić information content (AvgIpc) is 3.36. The number of benzene rings is 1. The van der Waals surface area contributed by atoms with Gasteiger partial charge in [0.25, 0.3) is 0 Å². The normalized spacial score (nSPS) is 20.0. The quantitative estimate of drug-likeness (QED) is 0.567. The second kappa shape index (κ2) is 8.76. The highest BCUT2D eigenvalue weighted by molar-refractivity contribution is 5.99. The van der Waals surface area contributed by atoms with Crippen LogP contribution in [-0.2, 0) is 6.42 Å². The standard InChI is InChI=1S/C24H27N7O2/c1-15-3-5-18(10-26-15)27-24(33)29-23-12-25-11-19(28-23)16-4-6-20-17(9-16)7-8-31(20)21-13-30(2)14-22(21)32/h3-6,9-12,21-22,32H,7-8,13-14H2,1-2H3,(H2,27,28,29,33)/t21-,22-/m0/s1. The van der Waals surface area contributed by atoms with Gasteiger partial charge in [0, 0.05) is 36.6 Å². The lowest BCUT2D eigenvalue weighted by Gasteiger charge is -2.29. The van der Waals surface area contributed by atoms with Gasteiger partial charge in [0.1, 0.15) is 0 Å². The van der Waals surface area contributed by atoms with E-state index in [-0.39, 0.29) is 12.1 Å². The van der Waals surface area contributed by atoms with Crippen molar-refractivity contribution in [3.05, 3.63) is 60.2 Å². The fourth-order valence-electron chi connectivity index (χ4n) is 4.58. The Balaban J connectivity index is 1.30. The number of fused-ring (bicyclic) bond motifs is 1. The maximum atomic E-state index is 12.3. The van der Waals surface area contributed by atoms with Crippen LogP contribution in [-0.4, -0.2) is 69.8 Å². The summed E-state index contributed by atoms with van der Waals surface area (Å²) < 4.78 is 0. The minimum Gasteiger partial charge on any atom is -0.390 e. The molecule has 2 aromatic heterocycles. The van der Waals surface area contributed by atoms with Crippen molar-refractivity contribution >= 4 is 23.2 Å². The van der Waals surface area contributed by atoms with Crippen molar-refractivity contribution in [2.75, 3.05) is 42.2 Å². The average molecular weight is 446 g/mol. The van der Waals surface area contributed by atoms with Gasteiger partial charge >= 0.3 is 6.03 Å². The van der Waals surface area contributed by atoms with E-state index in [1.807, 2.05) is 26.1 Å². The number of hydrogen-bond donors (Lipinski definition) is 3. The van der Waals surface area contributed by atoms with Gasteiger partial charge in [0.15, 0.2) is 5.82 Å². The summed E-state index contributed by atoms with van der Waals surface area (Å²) in [6.07, 6.45) is 5.40. The Morgan fingerprint density at radius 3 is 2.76 bits per heavy atom. The largest absolute Gasteiger partial charge is 0.390 e. The van der Waals surface area contributed by atoms with Gasteiger partial charge in [0.05, 0.1) is 42.1 Å². The van der Waals surface area contributed by atoms with Gasteiger partial charge in [0.2, 0.25) is 0 Å². The van der Waals surface area contributed by atoms with Gasteiger partial charge in [-0.15, -0.1) is 0 Å². The molecule has 1 aromatic carbocycles.